The van der Waals surface area contributed by atoms with Crippen LogP contribution in [0.2, 0.25) is 5.02 Å². The van der Waals surface area contributed by atoms with Gasteiger partial charge in [-0.15, -0.1) is 0 Å². The number of ether oxygens (including phenoxy) is 1. The van der Waals surface area contributed by atoms with E-state index < -0.39 is 24.3 Å². The molecule has 0 unspecified atom stereocenters. The Kier molecular flexibility index (Phi) is 6.29. The van der Waals surface area contributed by atoms with Gasteiger partial charge in [-0.2, -0.15) is 5.10 Å². The molecule has 0 saturated heterocycles. The Morgan fingerprint density at radius 1 is 1.14 bits per heavy atom. The van der Waals surface area contributed by atoms with E-state index in [0.717, 1.165) is 5.56 Å². The van der Waals surface area contributed by atoms with Crippen LogP contribution in [0.15, 0.2) is 48.5 Å². The van der Waals surface area contributed by atoms with Gasteiger partial charge < -0.3 is 10.1 Å². The fourth-order valence-corrected chi connectivity index (χ4v) is 3.06. The quantitative estimate of drug-likeness (QED) is 0.614. The van der Waals surface area contributed by atoms with Crippen molar-refractivity contribution in [1.82, 2.24) is 9.78 Å². The number of hydrogen-bond acceptors (Lipinski definition) is 4. The summed E-state index contributed by atoms with van der Waals surface area (Å²) in [4.78, 5) is 24.5. The van der Waals surface area contributed by atoms with Crippen LogP contribution in [0, 0.1) is 19.7 Å². The minimum Gasteiger partial charge on any atom is -0.452 e. The number of nitrogens with zero attached hydrogens (tertiary/aromatic N) is 2. The Labute approximate surface area is 172 Å². The number of carbonyl (C=O) groups excluding carboxylic acids is 2. The maximum Gasteiger partial charge on any atom is 0.342 e. The summed E-state index contributed by atoms with van der Waals surface area (Å²) in [6.45, 7) is 3.40. The van der Waals surface area contributed by atoms with Crippen molar-refractivity contribution in [1.29, 1.82) is 0 Å². The molecule has 150 valence electrons. The van der Waals surface area contributed by atoms with Gasteiger partial charge in [-0.25, -0.2) is 9.18 Å². The molecule has 0 atom stereocenters. The van der Waals surface area contributed by atoms with E-state index in [1.165, 1.54) is 24.3 Å². The molecule has 3 aromatic rings. The van der Waals surface area contributed by atoms with E-state index in [9.17, 15) is 14.0 Å². The lowest BCUT2D eigenvalue weighted by Gasteiger charge is -2.08. The average Bonchev–Trinajstić information content (AvgIpc) is 2.97. The number of anilines is 1. The van der Waals surface area contributed by atoms with Crippen molar-refractivity contribution in [3.05, 3.63) is 81.9 Å². The zero-order valence-corrected chi connectivity index (χ0v) is 16.7. The van der Waals surface area contributed by atoms with Gasteiger partial charge in [-0.3, -0.25) is 9.48 Å². The van der Waals surface area contributed by atoms with Crippen LogP contribution in [0.3, 0.4) is 0 Å². The van der Waals surface area contributed by atoms with E-state index in [-0.39, 0.29) is 0 Å². The predicted octanol–water partition coefficient (Wildman–Crippen LogP) is 4.14. The van der Waals surface area contributed by atoms with Crippen LogP contribution in [-0.4, -0.2) is 28.3 Å². The number of aryl methyl sites for hydroxylation is 1. The molecule has 0 aliphatic rings. The van der Waals surface area contributed by atoms with Crippen molar-refractivity contribution < 1.29 is 18.7 Å². The molecule has 1 aromatic heterocycles. The average molecular weight is 416 g/mol. The first-order chi connectivity index (χ1) is 13.8. The number of halogens is 2. The fraction of sp³-hybridized carbons (Fsp3) is 0.190. The van der Waals surface area contributed by atoms with Gasteiger partial charge in [-0.05, 0) is 49.7 Å². The first-order valence-electron chi connectivity index (χ1n) is 8.85. The highest BCUT2D eigenvalue weighted by molar-refractivity contribution is 6.31. The van der Waals surface area contributed by atoms with Crippen LogP contribution in [0.1, 0.15) is 27.3 Å². The Balaban J connectivity index is 1.65. The number of amides is 1. The molecule has 0 spiro atoms. The van der Waals surface area contributed by atoms with Crippen LogP contribution in [-0.2, 0) is 16.1 Å². The zero-order valence-electron chi connectivity index (χ0n) is 15.9. The molecule has 1 N–H and O–H groups in total. The summed E-state index contributed by atoms with van der Waals surface area (Å²) in [5.74, 6) is -1.57. The molecule has 2 aromatic carbocycles. The standard InChI is InChI=1S/C21H19ClFN3O3/c1-13-20(14(2)26(25-13)11-15-5-3-4-6-18(15)22)21(28)29-12-19(27)24-17-9-7-16(23)8-10-17/h3-10H,11-12H2,1-2H3,(H,24,27). The molecular weight excluding hydrogens is 397 g/mol. The minimum atomic E-state index is -0.639. The Morgan fingerprint density at radius 2 is 1.83 bits per heavy atom. The monoisotopic (exact) mass is 415 g/mol. The summed E-state index contributed by atoms with van der Waals surface area (Å²) in [7, 11) is 0. The number of carbonyl (C=O) groups is 2. The van der Waals surface area contributed by atoms with Gasteiger partial charge in [0.15, 0.2) is 6.61 Å². The molecule has 3 rings (SSSR count). The number of esters is 1. The zero-order chi connectivity index (χ0) is 21.0. The van der Waals surface area contributed by atoms with Gasteiger partial charge in [0.05, 0.1) is 17.9 Å². The number of nitrogens with one attached hydrogen (secondary N) is 1. The first-order valence-corrected chi connectivity index (χ1v) is 9.23. The molecule has 0 aliphatic carbocycles. The van der Waals surface area contributed by atoms with E-state index in [1.54, 1.807) is 24.6 Å². The second kappa shape index (κ2) is 8.87. The van der Waals surface area contributed by atoms with Crippen molar-refractivity contribution in [2.24, 2.45) is 0 Å². The molecule has 0 aliphatic heterocycles. The van der Waals surface area contributed by atoms with Crippen molar-refractivity contribution in [2.75, 3.05) is 11.9 Å². The highest BCUT2D eigenvalue weighted by atomic mass is 35.5. The van der Waals surface area contributed by atoms with Crippen LogP contribution < -0.4 is 5.32 Å². The van der Waals surface area contributed by atoms with Crippen molar-refractivity contribution in [3.8, 4) is 0 Å². The van der Waals surface area contributed by atoms with Gasteiger partial charge in [0.2, 0.25) is 0 Å². The molecule has 6 nitrogen and oxygen atoms in total. The number of aromatic nitrogens is 2. The molecular formula is C21H19ClFN3O3. The van der Waals surface area contributed by atoms with Crippen LogP contribution in [0.5, 0.6) is 0 Å². The van der Waals surface area contributed by atoms with E-state index in [0.29, 0.717) is 34.2 Å². The van der Waals surface area contributed by atoms with Crippen LogP contribution in [0.4, 0.5) is 10.1 Å². The number of benzene rings is 2. The maximum atomic E-state index is 12.9. The van der Waals surface area contributed by atoms with Crippen molar-refractivity contribution >= 4 is 29.2 Å². The second-order valence-corrected chi connectivity index (χ2v) is 6.83. The number of rotatable bonds is 6. The van der Waals surface area contributed by atoms with Gasteiger partial charge in [0.25, 0.3) is 5.91 Å². The lowest BCUT2D eigenvalue weighted by Crippen LogP contribution is -2.21. The second-order valence-electron chi connectivity index (χ2n) is 6.43. The Morgan fingerprint density at radius 3 is 2.52 bits per heavy atom. The third-order valence-electron chi connectivity index (χ3n) is 4.33. The highest BCUT2D eigenvalue weighted by Gasteiger charge is 2.21. The van der Waals surface area contributed by atoms with Crippen LogP contribution >= 0.6 is 11.6 Å². The molecule has 0 saturated carbocycles. The van der Waals surface area contributed by atoms with Gasteiger partial charge in [0, 0.05) is 10.7 Å². The SMILES string of the molecule is Cc1nn(Cc2ccccc2Cl)c(C)c1C(=O)OCC(=O)Nc1ccc(F)cc1. The van der Waals surface area contributed by atoms with Gasteiger partial charge in [0.1, 0.15) is 11.4 Å². The van der Waals surface area contributed by atoms with Crippen LogP contribution in [0.25, 0.3) is 0 Å². The smallest absolute Gasteiger partial charge is 0.342 e. The third-order valence-corrected chi connectivity index (χ3v) is 4.69. The lowest BCUT2D eigenvalue weighted by atomic mass is 10.2. The lowest BCUT2D eigenvalue weighted by molar-refractivity contribution is -0.119. The number of hydrogen-bond donors (Lipinski definition) is 1. The Bertz CT molecular complexity index is 1050. The van der Waals surface area contributed by atoms with E-state index in [2.05, 4.69) is 10.4 Å². The maximum absolute atomic E-state index is 12.9. The third kappa shape index (κ3) is 5.00. The molecule has 0 radical (unpaired) electrons. The normalized spacial score (nSPS) is 10.6. The van der Waals surface area contributed by atoms with E-state index in [4.69, 9.17) is 16.3 Å². The molecule has 29 heavy (non-hydrogen) atoms. The molecule has 0 fully saturated rings. The molecule has 8 heteroatoms. The van der Waals surface area contributed by atoms with Crippen molar-refractivity contribution in [3.63, 3.8) is 0 Å². The molecule has 1 heterocycles. The molecule has 1 amide bonds. The molecule has 0 bridgehead atoms. The van der Waals surface area contributed by atoms with Crippen molar-refractivity contribution in [2.45, 2.75) is 20.4 Å². The van der Waals surface area contributed by atoms with E-state index in [1.807, 2.05) is 18.2 Å². The van der Waals surface area contributed by atoms with Gasteiger partial charge >= 0.3 is 5.97 Å². The summed E-state index contributed by atoms with van der Waals surface area (Å²) in [5, 5.41) is 7.54. The largest absolute Gasteiger partial charge is 0.452 e. The Hall–Kier alpha value is -3.19. The first kappa shape index (κ1) is 20.5. The predicted molar refractivity (Wildman–Crippen MR) is 108 cm³/mol. The summed E-state index contributed by atoms with van der Waals surface area (Å²) in [6, 6.07) is 12.7. The summed E-state index contributed by atoms with van der Waals surface area (Å²) in [5.41, 5.74) is 2.71. The minimum absolute atomic E-state index is 0.312. The highest BCUT2D eigenvalue weighted by Crippen LogP contribution is 2.20. The topological polar surface area (TPSA) is 73.2 Å². The van der Waals surface area contributed by atoms with Gasteiger partial charge in [-0.1, -0.05) is 29.8 Å². The summed E-state index contributed by atoms with van der Waals surface area (Å²) < 4.78 is 19.7. The summed E-state index contributed by atoms with van der Waals surface area (Å²) in [6.07, 6.45) is 0. The van der Waals surface area contributed by atoms with E-state index >= 15 is 0 Å². The fourth-order valence-electron chi connectivity index (χ4n) is 2.87. The summed E-state index contributed by atoms with van der Waals surface area (Å²) >= 11 is 6.20.